The number of hydrogen-bond acceptors (Lipinski definition) is 6. The van der Waals surface area contributed by atoms with Gasteiger partial charge in [0, 0.05) is 22.2 Å². The summed E-state index contributed by atoms with van der Waals surface area (Å²) < 4.78 is 2.69. The molecule has 9 heteroatoms. The lowest BCUT2D eigenvalue weighted by atomic mass is 10.2. The number of aromatic nitrogens is 3. The maximum Gasteiger partial charge on any atom is 0.278 e. The molecule has 0 atom stereocenters. The minimum absolute atomic E-state index is 0.00878. The molecule has 7 nitrogen and oxygen atoms in total. The summed E-state index contributed by atoms with van der Waals surface area (Å²) >= 11 is 4.95. The lowest BCUT2D eigenvalue weighted by Crippen LogP contribution is -2.03. The van der Waals surface area contributed by atoms with E-state index < -0.39 is 4.92 Å². The van der Waals surface area contributed by atoms with Crippen LogP contribution in [0.5, 0.6) is 0 Å². The summed E-state index contributed by atoms with van der Waals surface area (Å²) in [6.07, 6.45) is 1.48. The van der Waals surface area contributed by atoms with E-state index in [1.807, 2.05) is 38.1 Å². The van der Waals surface area contributed by atoms with Crippen molar-refractivity contribution in [3.8, 4) is 0 Å². The van der Waals surface area contributed by atoms with Crippen LogP contribution in [0.4, 0.5) is 5.69 Å². The van der Waals surface area contributed by atoms with Crippen molar-refractivity contribution in [2.45, 2.75) is 30.7 Å². The van der Waals surface area contributed by atoms with E-state index in [4.69, 9.17) is 0 Å². The fourth-order valence-corrected chi connectivity index (χ4v) is 3.56. The van der Waals surface area contributed by atoms with Gasteiger partial charge in [-0.3, -0.25) is 10.1 Å². The van der Waals surface area contributed by atoms with E-state index in [1.54, 1.807) is 22.9 Å². The summed E-state index contributed by atoms with van der Waals surface area (Å²) in [5.41, 5.74) is 1.59. The normalized spacial score (nSPS) is 11.4. The first-order valence-corrected chi connectivity index (χ1v) is 10.3. The molecule has 0 spiro atoms. The highest BCUT2D eigenvalue weighted by atomic mass is 79.9. The molecular weight excluding hydrogens is 442 g/mol. The summed E-state index contributed by atoms with van der Waals surface area (Å²) in [7, 11) is 0. The molecule has 1 aromatic heterocycles. The van der Waals surface area contributed by atoms with Gasteiger partial charge < -0.3 is 0 Å². The lowest BCUT2D eigenvalue weighted by Gasteiger charge is -2.07. The molecule has 0 fully saturated rings. The number of hydrogen-bond donors (Lipinski definition) is 0. The van der Waals surface area contributed by atoms with E-state index in [9.17, 15) is 10.1 Å². The molecule has 144 valence electrons. The number of thioether (sulfide) groups is 1. The third-order valence-corrected chi connectivity index (χ3v) is 5.40. The van der Waals surface area contributed by atoms with E-state index >= 15 is 0 Å². The van der Waals surface area contributed by atoms with Crippen LogP contribution < -0.4 is 0 Å². The Kier molecular flexibility index (Phi) is 6.58. The zero-order valence-electron chi connectivity index (χ0n) is 15.3. The molecule has 0 aliphatic rings. The van der Waals surface area contributed by atoms with Crippen LogP contribution >= 0.6 is 27.7 Å². The van der Waals surface area contributed by atoms with E-state index in [0.717, 1.165) is 10.0 Å². The quantitative estimate of drug-likeness (QED) is 0.208. The average Bonchev–Trinajstić information content (AvgIpc) is 3.09. The number of nitro benzene ring substituents is 1. The fourth-order valence-electron chi connectivity index (χ4n) is 2.45. The topological polar surface area (TPSA) is 86.2 Å². The maximum absolute atomic E-state index is 11.2. The van der Waals surface area contributed by atoms with Crippen LogP contribution in [0.2, 0.25) is 0 Å². The molecule has 0 saturated heterocycles. The number of rotatable bonds is 7. The van der Waals surface area contributed by atoms with Crippen LogP contribution in [0.15, 0.2) is 63.3 Å². The summed E-state index contributed by atoms with van der Waals surface area (Å²) in [5.74, 6) is 1.52. The molecule has 2 aromatic carbocycles. The van der Waals surface area contributed by atoms with E-state index in [1.165, 1.54) is 24.0 Å². The molecule has 0 bridgehead atoms. The Morgan fingerprint density at radius 3 is 2.61 bits per heavy atom. The van der Waals surface area contributed by atoms with Crippen LogP contribution in [0.25, 0.3) is 0 Å². The van der Waals surface area contributed by atoms with Gasteiger partial charge in [-0.1, -0.05) is 65.8 Å². The summed E-state index contributed by atoms with van der Waals surface area (Å²) in [4.78, 5) is 10.8. The second kappa shape index (κ2) is 9.11. The molecule has 0 amide bonds. The predicted molar refractivity (Wildman–Crippen MR) is 114 cm³/mol. The highest BCUT2D eigenvalue weighted by Gasteiger charge is 2.16. The Hall–Kier alpha value is -2.52. The van der Waals surface area contributed by atoms with Gasteiger partial charge in [0.15, 0.2) is 5.82 Å². The molecule has 0 aliphatic heterocycles. The fraction of sp³-hybridized carbons (Fsp3) is 0.211. The van der Waals surface area contributed by atoms with Gasteiger partial charge in [-0.15, -0.1) is 10.2 Å². The molecule has 3 rings (SSSR count). The van der Waals surface area contributed by atoms with Crippen LogP contribution in [0.1, 0.15) is 36.7 Å². The average molecular weight is 460 g/mol. The smallest absolute Gasteiger partial charge is 0.258 e. The van der Waals surface area contributed by atoms with Gasteiger partial charge >= 0.3 is 0 Å². The number of halogens is 1. The zero-order valence-corrected chi connectivity index (χ0v) is 17.7. The minimum Gasteiger partial charge on any atom is -0.258 e. The van der Waals surface area contributed by atoms with Crippen molar-refractivity contribution < 1.29 is 4.92 Å². The predicted octanol–water partition coefficient (Wildman–Crippen LogP) is 5.25. The Labute approximate surface area is 175 Å². The number of para-hydroxylation sites is 1. The van der Waals surface area contributed by atoms with Crippen molar-refractivity contribution in [3.05, 3.63) is 80.1 Å². The molecule has 0 aliphatic carbocycles. The summed E-state index contributed by atoms with van der Waals surface area (Å²) in [6.45, 7) is 4.01. The molecule has 0 unspecified atom stereocenters. The van der Waals surface area contributed by atoms with Gasteiger partial charge in [0.25, 0.3) is 5.69 Å². The Morgan fingerprint density at radius 1 is 1.21 bits per heavy atom. The Balaban J connectivity index is 1.88. The van der Waals surface area contributed by atoms with Gasteiger partial charge in [-0.05, 0) is 23.8 Å². The SMILES string of the molecule is CC(C)c1nnc(SCc2ccc(Br)cc2)n1/N=C\c1ccccc1[N+](=O)[O-]. The number of nitrogens with zero attached hydrogens (tertiary/aromatic N) is 5. The standard InChI is InChI=1S/C19H18BrN5O2S/c1-13(2)18-22-23-19(28-12-14-7-9-16(20)10-8-14)24(18)21-11-15-5-3-4-6-17(15)25(26)27/h3-11,13H,12H2,1-2H3/b21-11-. The molecular formula is C19H18BrN5O2S. The van der Waals surface area contributed by atoms with Crippen molar-refractivity contribution >= 4 is 39.6 Å². The molecule has 3 aromatic rings. The van der Waals surface area contributed by atoms with Crippen molar-refractivity contribution in [2.75, 3.05) is 0 Å². The zero-order chi connectivity index (χ0) is 20.1. The molecule has 28 heavy (non-hydrogen) atoms. The Bertz CT molecular complexity index is 1000. The van der Waals surface area contributed by atoms with Gasteiger partial charge in [-0.2, -0.15) is 9.78 Å². The molecule has 1 heterocycles. The second-order valence-electron chi connectivity index (χ2n) is 6.28. The number of benzene rings is 2. The third-order valence-electron chi connectivity index (χ3n) is 3.88. The molecule has 0 radical (unpaired) electrons. The first-order valence-electron chi connectivity index (χ1n) is 8.56. The molecule has 0 saturated carbocycles. The summed E-state index contributed by atoms with van der Waals surface area (Å²) in [6, 6.07) is 14.6. The van der Waals surface area contributed by atoms with Gasteiger partial charge in [0.1, 0.15) is 0 Å². The third kappa shape index (κ3) is 4.85. The van der Waals surface area contributed by atoms with Crippen molar-refractivity contribution in [2.24, 2.45) is 5.10 Å². The summed E-state index contributed by atoms with van der Waals surface area (Å²) in [5, 5.41) is 24.8. The van der Waals surface area contributed by atoms with E-state index in [-0.39, 0.29) is 11.6 Å². The first kappa shape index (κ1) is 20.2. The highest BCUT2D eigenvalue weighted by molar-refractivity contribution is 9.10. The van der Waals surface area contributed by atoms with Gasteiger partial charge in [0.2, 0.25) is 5.16 Å². The largest absolute Gasteiger partial charge is 0.278 e. The molecule has 0 N–H and O–H groups in total. The van der Waals surface area contributed by atoms with Gasteiger partial charge in [-0.25, -0.2) is 0 Å². The van der Waals surface area contributed by atoms with Crippen LogP contribution in [-0.2, 0) is 5.75 Å². The van der Waals surface area contributed by atoms with Crippen LogP contribution in [0.3, 0.4) is 0 Å². The monoisotopic (exact) mass is 459 g/mol. The van der Waals surface area contributed by atoms with Crippen LogP contribution in [0, 0.1) is 10.1 Å². The van der Waals surface area contributed by atoms with Crippen molar-refractivity contribution in [3.63, 3.8) is 0 Å². The van der Waals surface area contributed by atoms with Gasteiger partial charge in [0.05, 0.1) is 16.7 Å². The highest BCUT2D eigenvalue weighted by Crippen LogP contribution is 2.25. The maximum atomic E-state index is 11.2. The van der Waals surface area contributed by atoms with Crippen molar-refractivity contribution in [1.82, 2.24) is 14.9 Å². The second-order valence-corrected chi connectivity index (χ2v) is 8.14. The van der Waals surface area contributed by atoms with Crippen molar-refractivity contribution in [1.29, 1.82) is 0 Å². The van der Waals surface area contributed by atoms with E-state index in [2.05, 4.69) is 31.2 Å². The minimum atomic E-state index is -0.417. The lowest BCUT2D eigenvalue weighted by molar-refractivity contribution is -0.385. The van der Waals surface area contributed by atoms with Crippen LogP contribution in [-0.4, -0.2) is 26.0 Å². The van der Waals surface area contributed by atoms with E-state index in [0.29, 0.717) is 22.3 Å². The number of nitro groups is 1. The Morgan fingerprint density at radius 2 is 1.93 bits per heavy atom. The first-order chi connectivity index (χ1) is 13.5.